The summed E-state index contributed by atoms with van der Waals surface area (Å²) in [7, 11) is 0. The molecule has 0 aliphatic carbocycles. The van der Waals surface area contributed by atoms with Gasteiger partial charge in [-0.05, 0) is 17.7 Å². The van der Waals surface area contributed by atoms with Crippen molar-refractivity contribution in [1.82, 2.24) is 14.5 Å². The minimum absolute atomic E-state index is 0.0113. The van der Waals surface area contributed by atoms with E-state index in [1.54, 1.807) is 12.5 Å². The third kappa shape index (κ3) is 2.67. The molecule has 0 atom stereocenters. The first kappa shape index (κ1) is 12.1. The average molecular weight is 250 g/mol. The molecule has 0 aliphatic rings. The molecular formula is C13H16ClN3. The van der Waals surface area contributed by atoms with Crippen molar-refractivity contribution in [3.8, 4) is 5.82 Å². The zero-order valence-electron chi connectivity index (χ0n) is 10.3. The van der Waals surface area contributed by atoms with Gasteiger partial charge in [0, 0.05) is 29.4 Å². The molecule has 0 spiro atoms. The minimum atomic E-state index is 0.0113. The lowest BCUT2D eigenvalue weighted by Crippen LogP contribution is -2.15. The van der Waals surface area contributed by atoms with E-state index in [9.17, 15) is 0 Å². The molecule has 0 bridgehead atoms. The molecule has 2 heterocycles. The lowest BCUT2D eigenvalue weighted by atomic mass is 9.91. The highest BCUT2D eigenvalue weighted by Crippen LogP contribution is 2.23. The van der Waals surface area contributed by atoms with Crippen LogP contribution in [0, 0.1) is 0 Å². The van der Waals surface area contributed by atoms with E-state index < -0.39 is 0 Å². The summed E-state index contributed by atoms with van der Waals surface area (Å²) in [5.41, 5.74) is 2.13. The highest BCUT2D eigenvalue weighted by atomic mass is 35.5. The maximum absolute atomic E-state index is 5.93. The van der Waals surface area contributed by atoms with E-state index in [1.807, 2.05) is 16.8 Å². The molecule has 0 saturated carbocycles. The molecule has 90 valence electrons. The number of imidazole rings is 1. The predicted molar refractivity (Wildman–Crippen MR) is 69.6 cm³/mol. The molecule has 0 aromatic carbocycles. The first-order valence-corrected chi connectivity index (χ1v) is 6.10. The highest BCUT2D eigenvalue weighted by molar-refractivity contribution is 6.17. The predicted octanol–water partition coefficient (Wildman–Crippen LogP) is 3.30. The maximum Gasteiger partial charge on any atom is 0.138 e. The molecule has 0 aliphatic heterocycles. The molecular weight excluding hydrogens is 234 g/mol. The van der Waals surface area contributed by atoms with Crippen LogP contribution in [-0.4, -0.2) is 14.5 Å². The van der Waals surface area contributed by atoms with Gasteiger partial charge >= 0.3 is 0 Å². The zero-order valence-corrected chi connectivity index (χ0v) is 11.1. The Kier molecular flexibility index (Phi) is 3.20. The van der Waals surface area contributed by atoms with Gasteiger partial charge in [-0.1, -0.05) is 20.8 Å². The Labute approximate surface area is 106 Å². The van der Waals surface area contributed by atoms with Gasteiger partial charge in [-0.15, -0.1) is 11.6 Å². The van der Waals surface area contributed by atoms with Crippen LogP contribution in [0.25, 0.3) is 5.82 Å². The summed E-state index contributed by atoms with van der Waals surface area (Å²) in [5.74, 6) is 1.36. The molecule has 17 heavy (non-hydrogen) atoms. The number of hydrogen-bond acceptors (Lipinski definition) is 2. The molecule has 0 fully saturated rings. The van der Waals surface area contributed by atoms with Gasteiger partial charge in [0.15, 0.2) is 0 Å². The van der Waals surface area contributed by atoms with E-state index in [4.69, 9.17) is 11.6 Å². The van der Waals surface area contributed by atoms with Crippen LogP contribution in [0.15, 0.2) is 30.9 Å². The normalized spacial score (nSPS) is 11.8. The fourth-order valence-electron chi connectivity index (χ4n) is 1.56. The van der Waals surface area contributed by atoms with Crippen molar-refractivity contribution in [2.24, 2.45) is 0 Å². The van der Waals surface area contributed by atoms with Gasteiger partial charge in [-0.3, -0.25) is 4.57 Å². The van der Waals surface area contributed by atoms with Crippen molar-refractivity contribution in [1.29, 1.82) is 0 Å². The fourth-order valence-corrected chi connectivity index (χ4v) is 1.71. The average Bonchev–Trinajstić information content (AvgIpc) is 2.80. The van der Waals surface area contributed by atoms with Crippen molar-refractivity contribution in [3.63, 3.8) is 0 Å². The molecule has 0 N–H and O–H groups in total. The van der Waals surface area contributed by atoms with E-state index in [2.05, 4.69) is 36.8 Å². The zero-order chi connectivity index (χ0) is 12.5. The number of aromatic nitrogens is 3. The molecule has 2 aromatic heterocycles. The van der Waals surface area contributed by atoms with Gasteiger partial charge in [-0.25, -0.2) is 9.97 Å². The lowest BCUT2D eigenvalue weighted by Gasteiger charge is -2.19. The topological polar surface area (TPSA) is 30.7 Å². The quantitative estimate of drug-likeness (QED) is 0.765. The van der Waals surface area contributed by atoms with Crippen molar-refractivity contribution in [2.45, 2.75) is 32.1 Å². The van der Waals surface area contributed by atoms with Crippen LogP contribution in [0.5, 0.6) is 0 Å². The Bertz CT molecular complexity index is 498. The number of nitrogens with zero attached hydrogens (tertiary/aromatic N) is 3. The molecule has 4 heteroatoms. The van der Waals surface area contributed by atoms with E-state index in [0.717, 1.165) is 17.1 Å². The third-order valence-electron chi connectivity index (χ3n) is 2.56. The molecule has 2 aromatic rings. The van der Waals surface area contributed by atoms with Crippen molar-refractivity contribution in [3.05, 3.63) is 42.1 Å². The lowest BCUT2D eigenvalue weighted by molar-refractivity contribution is 0.566. The van der Waals surface area contributed by atoms with Crippen LogP contribution < -0.4 is 0 Å². The van der Waals surface area contributed by atoms with Crippen LogP contribution in [0.3, 0.4) is 0 Å². The monoisotopic (exact) mass is 249 g/mol. The van der Waals surface area contributed by atoms with Crippen molar-refractivity contribution >= 4 is 11.6 Å². The number of alkyl halides is 1. The Hall–Kier alpha value is -1.35. The molecule has 3 nitrogen and oxygen atoms in total. The van der Waals surface area contributed by atoms with E-state index in [0.29, 0.717) is 5.88 Å². The summed E-state index contributed by atoms with van der Waals surface area (Å²) < 4.78 is 1.89. The molecule has 0 amide bonds. The second-order valence-electron chi connectivity index (χ2n) is 5.07. The van der Waals surface area contributed by atoms with Gasteiger partial charge in [0.05, 0.1) is 0 Å². The Balaban J connectivity index is 2.54. The molecule has 0 saturated heterocycles. The van der Waals surface area contributed by atoms with Crippen molar-refractivity contribution in [2.75, 3.05) is 0 Å². The smallest absolute Gasteiger partial charge is 0.138 e. The number of rotatable bonds is 2. The van der Waals surface area contributed by atoms with Gasteiger partial charge < -0.3 is 0 Å². The van der Waals surface area contributed by atoms with E-state index in [-0.39, 0.29) is 5.41 Å². The second kappa shape index (κ2) is 4.49. The second-order valence-corrected chi connectivity index (χ2v) is 5.34. The summed E-state index contributed by atoms with van der Waals surface area (Å²) in [6, 6.07) is 4.05. The summed E-state index contributed by atoms with van der Waals surface area (Å²) >= 11 is 5.93. The van der Waals surface area contributed by atoms with Crippen LogP contribution in [-0.2, 0) is 11.3 Å². The SMILES string of the molecule is CC(C)(C)c1cc(CCl)cc(-n2ccnc2)n1. The van der Waals surface area contributed by atoms with E-state index in [1.165, 1.54) is 0 Å². The van der Waals surface area contributed by atoms with Crippen LogP contribution in [0.2, 0.25) is 0 Å². The van der Waals surface area contributed by atoms with Gasteiger partial charge in [0.2, 0.25) is 0 Å². The Morgan fingerprint density at radius 2 is 2.06 bits per heavy atom. The van der Waals surface area contributed by atoms with Crippen molar-refractivity contribution < 1.29 is 0 Å². The van der Waals surface area contributed by atoms with Crippen LogP contribution in [0.4, 0.5) is 0 Å². The minimum Gasteiger partial charge on any atom is -0.291 e. The van der Waals surface area contributed by atoms with Crippen LogP contribution >= 0.6 is 11.6 Å². The molecule has 0 radical (unpaired) electrons. The summed E-state index contributed by atoms with van der Waals surface area (Å²) in [5, 5.41) is 0. The largest absolute Gasteiger partial charge is 0.291 e. The van der Waals surface area contributed by atoms with Gasteiger partial charge in [0.1, 0.15) is 12.1 Å². The third-order valence-corrected chi connectivity index (χ3v) is 2.87. The Morgan fingerprint density at radius 3 is 2.59 bits per heavy atom. The summed E-state index contributed by atoms with van der Waals surface area (Å²) in [6.07, 6.45) is 5.37. The molecule has 0 unspecified atom stereocenters. The summed E-state index contributed by atoms with van der Waals surface area (Å²) in [6.45, 7) is 6.43. The van der Waals surface area contributed by atoms with Gasteiger partial charge in [0.25, 0.3) is 0 Å². The van der Waals surface area contributed by atoms with Crippen LogP contribution in [0.1, 0.15) is 32.0 Å². The first-order valence-electron chi connectivity index (χ1n) is 5.56. The fraction of sp³-hybridized carbons (Fsp3) is 0.385. The first-order chi connectivity index (χ1) is 8.00. The summed E-state index contributed by atoms with van der Waals surface area (Å²) in [4.78, 5) is 8.70. The highest BCUT2D eigenvalue weighted by Gasteiger charge is 2.17. The maximum atomic E-state index is 5.93. The Morgan fingerprint density at radius 1 is 1.29 bits per heavy atom. The standard InChI is InChI=1S/C13H16ClN3/c1-13(2,3)11-6-10(8-14)7-12(16-11)17-5-4-15-9-17/h4-7,9H,8H2,1-3H3. The number of hydrogen-bond donors (Lipinski definition) is 0. The molecule has 2 rings (SSSR count). The van der Waals surface area contributed by atoms with Gasteiger partial charge in [-0.2, -0.15) is 0 Å². The number of pyridine rings is 1. The number of halogens is 1. The van der Waals surface area contributed by atoms with E-state index >= 15 is 0 Å².